The maximum Gasteiger partial charge on any atom is 0.214 e. The Morgan fingerprint density at radius 1 is 1.41 bits per heavy atom. The Bertz CT molecular complexity index is 482. The number of hydrogen-bond acceptors (Lipinski definition) is 5. The molecule has 17 heavy (non-hydrogen) atoms. The first-order valence-electron chi connectivity index (χ1n) is 5.50. The average molecular weight is 233 g/mol. The van der Waals surface area contributed by atoms with Crippen LogP contribution >= 0.6 is 0 Å². The zero-order valence-electron chi connectivity index (χ0n) is 9.93. The highest BCUT2D eigenvalue weighted by atomic mass is 16.5. The largest absolute Gasteiger partial charge is 0.481 e. The quantitative estimate of drug-likeness (QED) is 0.858. The van der Waals surface area contributed by atoms with Gasteiger partial charge in [0.1, 0.15) is 11.6 Å². The molecular weight excluding hydrogens is 218 g/mol. The van der Waals surface area contributed by atoms with E-state index in [0.29, 0.717) is 18.3 Å². The van der Waals surface area contributed by atoms with Crippen molar-refractivity contribution >= 4 is 5.82 Å². The van der Waals surface area contributed by atoms with Gasteiger partial charge in [0.15, 0.2) is 0 Å². The van der Waals surface area contributed by atoms with Crippen LogP contribution in [-0.2, 0) is 13.0 Å². The smallest absolute Gasteiger partial charge is 0.214 e. The third-order valence-corrected chi connectivity index (χ3v) is 2.30. The minimum absolute atomic E-state index is 0.514. The first-order valence-corrected chi connectivity index (χ1v) is 5.50. The maximum atomic E-state index is 5.48. The number of aromatic nitrogens is 2. The first-order chi connectivity index (χ1) is 8.31. The van der Waals surface area contributed by atoms with Crippen molar-refractivity contribution < 1.29 is 9.15 Å². The maximum absolute atomic E-state index is 5.48. The molecule has 5 heteroatoms. The summed E-state index contributed by atoms with van der Waals surface area (Å²) >= 11 is 0. The molecule has 0 atom stereocenters. The molecule has 0 aliphatic heterocycles. The lowest BCUT2D eigenvalue weighted by atomic mass is 10.4. The Kier molecular flexibility index (Phi) is 3.59. The second-order valence-electron chi connectivity index (χ2n) is 3.49. The molecule has 0 spiro atoms. The Labute approximate surface area is 99.8 Å². The summed E-state index contributed by atoms with van der Waals surface area (Å²) in [4.78, 5) is 8.39. The molecule has 2 rings (SSSR count). The fraction of sp³-hybridized carbons (Fsp3) is 0.333. The highest BCUT2D eigenvalue weighted by molar-refractivity contribution is 5.36. The van der Waals surface area contributed by atoms with Gasteiger partial charge in [0, 0.05) is 12.5 Å². The van der Waals surface area contributed by atoms with Gasteiger partial charge in [-0.2, -0.15) is 4.98 Å². The van der Waals surface area contributed by atoms with E-state index in [4.69, 9.17) is 9.15 Å². The van der Waals surface area contributed by atoms with Crippen LogP contribution in [0.1, 0.15) is 18.6 Å². The van der Waals surface area contributed by atoms with Gasteiger partial charge >= 0.3 is 0 Å². The molecule has 0 aliphatic carbocycles. The molecule has 1 N–H and O–H groups in total. The van der Waals surface area contributed by atoms with Crippen molar-refractivity contribution in [3.05, 3.63) is 36.0 Å². The van der Waals surface area contributed by atoms with E-state index in [-0.39, 0.29) is 0 Å². The summed E-state index contributed by atoms with van der Waals surface area (Å²) < 4.78 is 10.5. The lowest BCUT2D eigenvalue weighted by Crippen LogP contribution is -2.02. The van der Waals surface area contributed by atoms with Crippen LogP contribution in [0.2, 0.25) is 0 Å². The summed E-state index contributed by atoms with van der Waals surface area (Å²) in [6.45, 7) is 2.54. The Balaban J connectivity index is 1.96. The lowest BCUT2D eigenvalue weighted by molar-refractivity contribution is 0.398. The van der Waals surface area contributed by atoms with Crippen molar-refractivity contribution in [3.63, 3.8) is 0 Å². The Morgan fingerprint density at radius 3 is 3.00 bits per heavy atom. The number of pyridine rings is 1. The van der Waals surface area contributed by atoms with Crippen LogP contribution in [0.25, 0.3) is 0 Å². The molecule has 0 amide bonds. The van der Waals surface area contributed by atoms with Gasteiger partial charge in [-0.25, -0.2) is 4.98 Å². The van der Waals surface area contributed by atoms with Crippen LogP contribution in [0.15, 0.2) is 28.8 Å². The van der Waals surface area contributed by atoms with Crippen molar-refractivity contribution in [2.45, 2.75) is 19.9 Å². The molecule has 2 heterocycles. The molecule has 0 saturated carbocycles. The van der Waals surface area contributed by atoms with Gasteiger partial charge in [-0.15, -0.1) is 0 Å². The van der Waals surface area contributed by atoms with E-state index in [2.05, 4.69) is 15.3 Å². The van der Waals surface area contributed by atoms with E-state index in [1.54, 1.807) is 19.4 Å². The topological polar surface area (TPSA) is 60.2 Å². The molecule has 2 aromatic rings. The molecular formula is C12H15N3O2. The van der Waals surface area contributed by atoms with Crippen LogP contribution in [0.4, 0.5) is 5.82 Å². The number of anilines is 1. The van der Waals surface area contributed by atoms with E-state index < -0.39 is 0 Å². The Morgan fingerprint density at radius 2 is 2.29 bits per heavy atom. The zero-order valence-corrected chi connectivity index (χ0v) is 9.93. The van der Waals surface area contributed by atoms with Crippen LogP contribution in [0.3, 0.4) is 0 Å². The monoisotopic (exact) mass is 233 g/mol. The number of rotatable bonds is 5. The van der Waals surface area contributed by atoms with Gasteiger partial charge in [0.05, 0.1) is 19.9 Å². The van der Waals surface area contributed by atoms with E-state index in [1.165, 1.54) is 0 Å². The number of methoxy groups -OCH3 is 1. The average Bonchev–Trinajstić information content (AvgIpc) is 2.84. The number of aryl methyl sites for hydroxylation is 1. The fourth-order valence-corrected chi connectivity index (χ4v) is 1.39. The highest BCUT2D eigenvalue weighted by Gasteiger charge is 2.03. The molecule has 0 fully saturated rings. The number of oxazole rings is 1. The molecule has 0 saturated heterocycles. The summed E-state index contributed by atoms with van der Waals surface area (Å²) in [7, 11) is 1.59. The van der Waals surface area contributed by atoms with Crippen molar-refractivity contribution in [3.8, 4) is 5.88 Å². The second kappa shape index (κ2) is 5.34. The van der Waals surface area contributed by atoms with Crippen LogP contribution in [0.5, 0.6) is 5.88 Å². The zero-order chi connectivity index (χ0) is 12.1. The summed E-state index contributed by atoms with van der Waals surface area (Å²) in [5.41, 5.74) is 0. The van der Waals surface area contributed by atoms with Crippen LogP contribution in [0, 0.1) is 0 Å². The molecule has 2 aromatic heterocycles. The fourth-order valence-electron chi connectivity index (χ4n) is 1.39. The van der Waals surface area contributed by atoms with Gasteiger partial charge in [-0.1, -0.05) is 13.0 Å². The van der Waals surface area contributed by atoms with E-state index in [0.717, 1.165) is 18.0 Å². The third kappa shape index (κ3) is 2.96. The lowest BCUT2D eigenvalue weighted by Gasteiger charge is -2.04. The van der Waals surface area contributed by atoms with Crippen molar-refractivity contribution in [1.82, 2.24) is 9.97 Å². The standard InChI is InChI=1S/C12H15N3O2/c1-3-9-7-14-12(17-9)8-13-10-5-4-6-11(15-10)16-2/h4-7H,3,8H2,1-2H3,(H,13,15). The number of nitrogens with one attached hydrogen (secondary N) is 1. The summed E-state index contributed by atoms with van der Waals surface area (Å²) in [5, 5.41) is 3.13. The van der Waals surface area contributed by atoms with Crippen molar-refractivity contribution in [1.29, 1.82) is 0 Å². The molecule has 0 aromatic carbocycles. The van der Waals surface area contributed by atoms with Crippen molar-refractivity contribution in [2.24, 2.45) is 0 Å². The Hall–Kier alpha value is -2.04. The number of ether oxygens (including phenoxy) is 1. The van der Waals surface area contributed by atoms with Crippen LogP contribution in [-0.4, -0.2) is 17.1 Å². The predicted octanol–water partition coefficient (Wildman–Crippen LogP) is 2.25. The molecule has 0 unspecified atom stereocenters. The summed E-state index contributed by atoms with van der Waals surface area (Å²) in [5.74, 6) is 2.86. The number of hydrogen-bond donors (Lipinski definition) is 1. The third-order valence-electron chi connectivity index (χ3n) is 2.30. The summed E-state index contributed by atoms with van der Waals surface area (Å²) in [6.07, 6.45) is 2.60. The van der Waals surface area contributed by atoms with Gasteiger partial charge < -0.3 is 14.5 Å². The van der Waals surface area contributed by atoms with E-state index in [1.807, 2.05) is 19.1 Å². The SMILES string of the molecule is CCc1cnc(CNc2cccc(OC)n2)o1. The molecule has 0 radical (unpaired) electrons. The van der Waals surface area contributed by atoms with E-state index >= 15 is 0 Å². The molecule has 0 aliphatic rings. The van der Waals surface area contributed by atoms with Gasteiger partial charge in [0.2, 0.25) is 11.8 Å². The predicted molar refractivity (Wildman–Crippen MR) is 64.0 cm³/mol. The highest BCUT2D eigenvalue weighted by Crippen LogP contribution is 2.12. The van der Waals surface area contributed by atoms with Gasteiger partial charge in [0.25, 0.3) is 0 Å². The van der Waals surface area contributed by atoms with E-state index in [9.17, 15) is 0 Å². The molecule has 5 nitrogen and oxygen atoms in total. The molecule has 0 bridgehead atoms. The first kappa shape index (κ1) is 11.4. The van der Waals surface area contributed by atoms with Gasteiger partial charge in [-0.05, 0) is 6.07 Å². The minimum atomic E-state index is 0.514. The molecule has 90 valence electrons. The van der Waals surface area contributed by atoms with Gasteiger partial charge in [-0.3, -0.25) is 0 Å². The second-order valence-corrected chi connectivity index (χ2v) is 3.49. The normalized spacial score (nSPS) is 10.2. The number of nitrogens with zero attached hydrogens (tertiary/aromatic N) is 2. The minimum Gasteiger partial charge on any atom is -0.481 e. The van der Waals surface area contributed by atoms with Crippen molar-refractivity contribution in [2.75, 3.05) is 12.4 Å². The summed E-state index contributed by atoms with van der Waals surface area (Å²) in [6, 6.07) is 5.54. The van der Waals surface area contributed by atoms with Crippen LogP contribution < -0.4 is 10.1 Å².